The van der Waals surface area contributed by atoms with Crippen LogP contribution in [0.3, 0.4) is 0 Å². The number of halogens is 3. The number of benzene rings is 2. The van der Waals surface area contributed by atoms with Crippen molar-refractivity contribution in [2.75, 3.05) is 11.9 Å². The van der Waals surface area contributed by atoms with Gasteiger partial charge < -0.3 is 14.8 Å². The molecule has 162 valence electrons. The van der Waals surface area contributed by atoms with Gasteiger partial charge >= 0.3 is 12.1 Å². The number of anilines is 1. The molecule has 0 aliphatic heterocycles. The Labute approximate surface area is 173 Å². The molecule has 0 saturated heterocycles. The average Bonchev–Trinajstić information content (AvgIpc) is 2.71. The number of rotatable bonds is 9. The molecule has 0 bridgehead atoms. The van der Waals surface area contributed by atoms with Crippen molar-refractivity contribution in [1.82, 2.24) is 0 Å². The van der Waals surface area contributed by atoms with Crippen molar-refractivity contribution in [1.29, 1.82) is 0 Å². The summed E-state index contributed by atoms with van der Waals surface area (Å²) in [6.07, 6.45) is -2.50. The first-order valence-electron chi connectivity index (χ1n) is 9.62. The van der Waals surface area contributed by atoms with E-state index in [0.717, 1.165) is 31.4 Å². The Kier molecular flexibility index (Phi) is 8.26. The van der Waals surface area contributed by atoms with E-state index in [0.29, 0.717) is 12.4 Å². The number of carbonyl (C=O) groups is 2. The smallest absolute Gasteiger partial charge is 0.416 e. The van der Waals surface area contributed by atoms with Gasteiger partial charge in [-0.15, -0.1) is 0 Å². The van der Waals surface area contributed by atoms with E-state index in [9.17, 15) is 22.8 Å². The van der Waals surface area contributed by atoms with Crippen LogP contribution < -0.4 is 10.1 Å². The van der Waals surface area contributed by atoms with Crippen molar-refractivity contribution in [2.24, 2.45) is 0 Å². The number of unbranched alkanes of at least 4 members (excludes halogenated alkanes) is 2. The first kappa shape index (κ1) is 23.3. The van der Waals surface area contributed by atoms with Crippen LogP contribution in [0, 0.1) is 0 Å². The van der Waals surface area contributed by atoms with Crippen LogP contribution in [-0.4, -0.2) is 24.6 Å². The molecule has 0 unspecified atom stereocenters. The lowest BCUT2D eigenvalue weighted by Gasteiger charge is -2.14. The summed E-state index contributed by atoms with van der Waals surface area (Å²) in [7, 11) is 0. The molecule has 0 fully saturated rings. The predicted octanol–water partition coefficient (Wildman–Crippen LogP) is 5.46. The summed E-state index contributed by atoms with van der Waals surface area (Å²) in [5.41, 5.74) is -0.580. The first-order valence-corrected chi connectivity index (χ1v) is 9.62. The lowest BCUT2D eigenvalue weighted by atomic mass is 10.1. The lowest BCUT2D eigenvalue weighted by Crippen LogP contribution is -2.26. The van der Waals surface area contributed by atoms with Gasteiger partial charge in [-0.05, 0) is 55.8 Å². The topological polar surface area (TPSA) is 64.6 Å². The fourth-order valence-electron chi connectivity index (χ4n) is 2.56. The zero-order chi connectivity index (χ0) is 22.1. The van der Waals surface area contributed by atoms with Gasteiger partial charge in [-0.1, -0.05) is 25.8 Å². The van der Waals surface area contributed by atoms with Gasteiger partial charge in [0.25, 0.3) is 5.91 Å². The molecular formula is C22H24F3NO4. The van der Waals surface area contributed by atoms with Gasteiger partial charge in [-0.2, -0.15) is 13.2 Å². The molecule has 2 aromatic rings. The predicted molar refractivity (Wildman–Crippen MR) is 106 cm³/mol. The van der Waals surface area contributed by atoms with E-state index in [4.69, 9.17) is 9.47 Å². The molecule has 1 amide bonds. The van der Waals surface area contributed by atoms with Gasteiger partial charge in [0.2, 0.25) is 0 Å². The number of hydrogen-bond donors (Lipinski definition) is 1. The second-order valence-corrected chi connectivity index (χ2v) is 6.69. The summed E-state index contributed by atoms with van der Waals surface area (Å²) in [5, 5.41) is 2.43. The highest BCUT2D eigenvalue weighted by Gasteiger charge is 2.30. The molecule has 0 saturated carbocycles. The Morgan fingerprint density at radius 1 is 1.07 bits per heavy atom. The van der Waals surface area contributed by atoms with E-state index in [1.807, 2.05) is 0 Å². The Hall–Kier alpha value is -3.03. The fourth-order valence-corrected chi connectivity index (χ4v) is 2.56. The van der Waals surface area contributed by atoms with Crippen LogP contribution in [0.4, 0.5) is 18.9 Å². The van der Waals surface area contributed by atoms with Crippen molar-refractivity contribution < 1.29 is 32.2 Å². The number of nitrogens with one attached hydrogen (secondary N) is 1. The number of esters is 1. The highest BCUT2D eigenvalue weighted by Crippen LogP contribution is 2.30. The van der Waals surface area contributed by atoms with E-state index in [-0.39, 0.29) is 11.3 Å². The van der Waals surface area contributed by atoms with Crippen LogP contribution in [0.15, 0.2) is 48.5 Å². The zero-order valence-electron chi connectivity index (χ0n) is 16.8. The number of carbonyl (C=O) groups excluding carboxylic acids is 2. The summed E-state index contributed by atoms with van der Waals surface area (Å²) in [4.78, 5) is 24.2. The zero-order valence-corrected chi connectivity index (χ0v) is 16.8. The SMILES string of the molecule is CCCCCOC(=O)[C@@H](C)Oc1ccc(C(=O)Nc2cccc(C(F)(F)F)c2)cc1. The highest BCUT2D eigenvalue weighted by molar-refractivity contribution is 6.04. The highest BCUT2D eigenvalue weighted by atomic mass is 19.4. The van der Waals surface area contributed by atoms with Crippen molar-refractivity contribution in [2.45, 2.75) is 45.4 Å². The third kappa shape index (κ3) is 7.09. The Morgan fingerprint density at radius 3 is 2.40 bits per heavy atom. The van der Waals surface area contributed by atoms with Gasteiger partial charge in [0, 0.05) is 11.3 Å². The van der Waals surface area contributed by atoms with Crippen molar-refractivity contribution in [3.63, 3.8) is 0 Å². The van der Waals surface area contributed by atoms with E-state index >= 15 is 0 Å². The fraction of sp³-hybridized carbons (Fsp3) is 0.364. The summed E-state index contributed by atoms with van der Waals surface area (Å²) in [6.45, 7) is 3.96. The molecule has 0 heterocycles. The maximum atomic E-state index is 12.8. The van der Waals surface area contributed by atoms with Gasteiger partial charge in [0.15, 0.2) is 6.10 Å². The van der Waals surface area contributed by atoms with Gasteiger partial charge in [-0.3, -0.25) is 4.79 Å². The lowest BCUT2D eigenvalue weighted by molar-refractivity contribution is -0.151. The second kappa shape index (κ2) is 10.7. The normalized spacial score (nSPS) is 12.2. The van der Waals surface area contributed by atoms with Crippen molar-refractivity contribution in [3.8, 4) is 5.75 Å². The van der Waals surface area contributed by atoms with Crippen molar-refractivity contribution >= 4 is 17.6 Å². The van der Waals surface area contributed by atoms with Crippen molar-refractivity contribution in [3.05, 3.63) is 59.7 Å². The van der Waals surface area contributed by atoms with E-state index in [2.05, 4.69) is 12.2 Å². The Morgan fingerprint density at radius 2 is 1.77 bits per heavy atom. The Bertz CT molecular complexity index is 850. The van der Waals surface area contributed by atoms with Crippen LogP contribution in [0.25, 0.3) is 0 Å². The van der Waals surface area contributed by atoms with Crippen LogP contribution in [0.5, 0.6) is 5.75 Å². The molecule has 0 aromatic heterocycles. The summed E-state index contributed by atoms with van der Waals surface area (Å²) >= 11 is 0. The molecule has 0 aliphatic rings. The molecular weight excluding hydrogens is 399 g/mol. The second-order valence-electron chi connectivity index (χ2n) is 6.69. The van der Waals surface area contributed by atoms with Crippen LogP contribution in [0.2, 0.25) is 0 Å². The van der Waals surface area contributed by atoms with Gasteiger partial charge in [-0.25, -0.2) is 4.79 Å². The molecule has 5 nitrogen and oxygen atoms in total. The minimum absolute atomic E-state index is 0.0367. The maximum absolute atomic E-state index is 12.8. The third-order valence-corrected chi connectivity index (χ3v) is 4.20. The van der Waals surface area contributed by atoms with Crippen LogP contribution >= 0.6 is 0 Å². The third-order valence-electron chi connectivity index (χ3n) is 4.20. The summed E-state index contributed by atoms with van der Waals surface area (Å²) in [5.74, 6) is -0.676. The van der Waals surface area contributed by atoms with Gasteiger partial charge in [0.1, 0.15) is 5.75 Å². The molecule has 2 aromatic carbocycles. The maximum Gasteiger partial charge on any atom is 0.416 e. The number of hydrogen-bond acceptors (Lipinski definition) is 4. The standard InChI is InChI=1S/C22H24F3NO4/c1-3-4-5-13-29-21(28)15(2)30-19-11-9-16(10-12-19)20(27)26-18-8-6-7-17(14-18)22(23,24)25/h6-12,14-15H,3-5,13H2,1-2H3,(H,26,27)/t15-/m1/s1. The number of alkyl halides is 3. The molecule has 0 aliphatic carbocycles. The van der Waals surface area contributed by atoms with E-state index in [1.54, 1.807) is 6.92 Å². The molecule has 30 heavy (non-hydrogen) atoms. The average molecular weight is 423 g/mol. The monoisotopic (exact) mass is 423 g/mol. The van der Waals surface area contributed by atoms with Crippen LogP contribution in [-0.2, 0) is 15.7 Å². The summed E-state index contributed by atoms with van der Waals surface area (Å²) < 4.78 is 49.0. The van der Waals surface area contributed by atoms with E-state index < -0.39 is 29.7 Å². The number of ether oxygens (including phenoxy) is 2. The minimum atomic E-state index is -4.49. The minimum Gasteiger partial charge on any atom is -0.479 e. The molecule has 8 heteroatoms. The van der Waals surface area contributed by atoms with Crippen LogP contribution in [0.1, 0.15) is 49.0 Å². The summed E-state index contributed by atoms with van der Waals surface area (Å²) in [6, 6.07) is 10.3. The largest absolute Gasteiger partial charge is 0.479 e. The first-order chi connectivity index (χ1) is 14.2. The molecule has 0 spiro atoms. The van der Waals surface area contributed by atoms with Gasteiger partial charge in [0.05, 0.1) is 12.2 Å². The quantitative estimate of drug-likeness (QED) is 0.430. The molecule has 2 rings (SSSR count). The molecule has 0 radical (unpaired) electrons. The Balaban J connectivity index is 1.92. The number of amides is 1. The van der Waals surface area contributed by atoms with E-state index in [1.165, 1.54) is 36.4 Å². The molecule has 1 atom stereocenters. The molecule has 1 N–H and O–H groups in total.